The molecule has 0 unspecified atom stereocenters. The number of nitrogen functional groups attached to an aromatic ring is 1. The highest BCUT2D eigenvalue weighted by Gasteiger charge is 2.10. The minimum Gasteiger partial charge on any atom is -0.507 e. The number of nitrogens with two attached hydrogens (primary N) is 2. The topological polar surface area (TPSA) is 139 Å². The highest BCUT2D eigenvalue weighted by molar-refractivity contribution is 5.99. The fraction of sp³-hybridized carbons (Fsp3) is 0.286. The summed E-state index contributed by atoms with van der Waals surface area (Å²) in [5.41, 5.74) is 12.7. The van der Waals surface area contributed by atoms with Crippen molar-refractivity contribution in [2.24, 2.45) is 15.9 Å². The first-order valence-electron chi connectivity index (χ1n) is 7.09. The first kappa shape index (κ1) is 16.3. The highest BCUT2D eigenvalue weighted by Crippen LogP contribution is 2.23. The van der Waals surface area contributed by atoms with Gasteiger partial charge in [0.05, 0.1) is 6.21 Å². The van der Waals surface area contributed by atoms with Crippen LogP contribution in [-0.2, 0) is 0 Å². The quantitative estimate of drug-likeness (QED) is 0.409. The van der Waals surface area contributed by atoms with Crippen molar-refractivity contribution in [2.45, 2.75) is 13.8 Å². The summed E-state index contributed by atoms with van der Waals surface area (Å²) in [5, 5.41) is 24.5. The van der Waals surface area contributed by atoms with Crippen LogP contribution in [0.1, 0.15) is 25.1 Å². The Balaban J connectivity index is 2.15. The molecule has 9 nitrogen and oxygen atoms in total. The Kier molecular flexibility index (Phi) is 5.13. The number of aromatic nitrogens is 2. The van der Waals surface area contributed by atoms with E-state index in [9.17, 15) is 5.11 Å². The van der Waals surface area contributed by atoms with Crippen molar-refractivity contribution in [3.05, 3.63) is 29.5 Å². The Morgan fingerprint density at radius 2 is 2.09 bits per heavy atom. The number of rotatable bonds is 6. The van der Waals surface area contributed by atoms with E-state index in [-0.39, 0.29) is 23.1 Å². The normalized spacial score (nSPS) is 12.0. The van der Waals surface area contributed by atoms with Crippen LogP contribution in [0, 0.1) is 0 Å². The Labute approximate surface area is 133 Å². The molecule has 0 aliphatic carbocycles. The predicted molar refractivity (Wildman–Crippen MR) is 88.7 cm³/mol. The maximum atomic E-state index is 10.1. The van der Waals surface area contributed by atoms with E-state index in [0.717, 1.165) is 18.8 Å². The van der Waals surface area contributed by atoms with Crippen LogP contribution in [0.4, 0.5) is 11.5 Å². The van der Waals surface area contributed by atoms with Gasteiger partial charge in [-0.25, -0.2) is 4.63 Å². The van der Waals surface area contributed by atoms with E-state index in [4.69, 9.17) is 11.5 Å². The third-order valence-corrected chi connectivity index (χ3v) is 3.26. The summed E-state index contributed by atoms with van der Waals surface area (Å²) in [7, 11) is 0. The van der Waals surface area contributed by atoms with E-state index in [1.54, 1.807) is 12.1 Å². The summed E-state index contributed by atoms with van der Waals surface area (Å²) >= 11 is 0. The van der Waals surface area contributed by atoms with Crippen molar-refractivity contribution in [3.8, 4) is 5.75 Å². The number of nitrogens with zero attached hydrogens (tertiary/aromatic N) is 5. The number of hydrogen-bond acceptors (Lipinski definition) is 8. The third-order valence-electron chi connectivity index (χ3n) is 3.26. The van der Waals surface area contributed by atoms with Crippen LogP contribution in [0.3, 0.4) is 0 Å². The summed E-state index contributed by atoms with van der Waals surface area (Å²) in [6, 6.07) is 5.34. The van der Waals surface area contributed by atoms with E-state index in [2.05, 4.69) is 43.9 Å². The number of phenols is 1. The van der Waals surface area contributed by atoms with Crippen molar-refractivity contribution in [1.29, 1.82) is 0 Å². The molecule has 0 saturated carbocycles. The van der Waals surface area contributed by atoms with Gasteiger partial charge >= 0.3 is 0 Å². The second-order valence-corrected chi connectivity index (χ2v) is 4.64. The Morgan fingerprint density at radius 1 is 1.35 bits per heavy atom. The van der Waals surface area contributed by atoms with Gasteiger partial charge in [-0.1, -0.05) is 0 Å². The molecule has 9 heteroatoms. The van der Waals surface area contributed by atoms with Gasteiger partial charge in [0.1, 0.15) is 5.75 Å². The van der Waals surface area contributed by atoms with E-state index in [1.165, 1.54) is 6.21 Å². The van der Waals surface area contributed by atoms with Crippen molar-refractivity contribution in [2.75, 3.05) is 23.7 Å². The number of benzene rings is 1. The largest absolute Gasteiger partial charge is 0.507 e. The molecule has 23 heavy (non-hydrogen) atoms. The molecule has 0 atom stereocenters. The van der Waals surface area contributed by atoms with Crippen molar-refractivity contribution in [3.63, 3.8) is 0 Å². The molecule has 0 aliphatic heterocycles. The molecular formula is C14H19N7O2. The van der Waals surface area contributed by atoms with Gasteiger partial charge < -0.3 is 21.5 Å². The Hall–Kier alpha value is -3.10. The number of aromatic hydroxyl groups is 1. The standard InChI is InChI=1S/C14H19N7O2/c1-3-21(4-2)10-6-5-9(11(22)7-10)8-17-18-13(15)12-14(16)20-23-19-12/h5-8,22H,3-4H2,1-2H3,(H2,15,18)(H2,16,20)/b17-8+. The summed E-state index contributed by atoms with van der Waals surface area (Å²) in [4.78, 5) is 2.12. The first-order chi connectivity index (χ1) is 11.1. The summed E-state index contributed by atoms with van der Waals surface area (Å²) < 4.78 is 4.42. The average molecular weight is 317 g/mol. The first-order valence-corrected chi connectivity index (χ1v) is 7.09. The minimum atomic E-state index is -0.0285. The highest BCUT2D eigenvalue weighted by atomic mass is 16.6. The molecule has 1 aromatic heterocycles. The molecule has 0 aliphatic rings. The molecule has 1 aromatic carbocycles. The predicted octanol–water partition coefficient (Wildman–Crippen LogP) is 0.943. The van der Waals surface area contributed by atoms with E-state index in [0.29, 0.717) is 5.56 Å². The number of hydrogen-bond donors (Lipinski definition) is 3. The summed E-state index contributed by atoms with van der Waals surface area (Å²) in [6.45, 7) is 5.82. The van der Waals surface area contributed by atoms with Gasteiger partial charge in [0, 0.05) is 30.4 Å². The molecular weight excluding hydrogens is 298 g/mol. The number of anilines is 2. The van der Waals surface area contributed by atoms with Crippen molar-refractivity contribution >= 4 is 23.6 Å². The molecule has 0 saturated heterocycles. The lowest BCUT2D eigenvalue weighted by molar-refractivity contribution is 0.308. The van der Waals surface area contributed by atoms with E-state index in [1.807, 2.05) is 6.07 Å². The monoisotopic (exact) mass is 317 g/mol. The van der Waals surface area contributed by atoms with Crippen LogP contribution in [0.5, 0.6) is 5.75 Å². The van der Waals surface area contributed by atoms with Crippen molar-refractivity contribution < 1.29 is 9.74 Å². The fourth-order valence-electron chi connectivity index (χ4n) is 2.00. The molecule has 0 spiro atoms. The van der Waals surface area contributed by atoms with E-state index < -0.39 is 0 Å². The van der Waals surface area contributed by atoms with Crippen LogP contribution in [-0.4, -0.2) is 40.6 Å². The van der Waals surface area contributed by atoms with Crippen LogP contribution in [0.15, 0.2) is 33.0 Å². The van der Waals surface area contributed by atoms with E-state index >= 15 is 0 Å². The van der Waals surface area contributed by atoms with Crippen LogP contribution >= 0.6 is 0 Å². The molecule has 0 radical (unpaired) electrons. The second-order valence-electron chi connectivity index (χ2n) is 4.64. The van der Waals surface area contributed by atoms with Gasteiger partial charge in [-0.15, -0.1) is 5.10 Å². The van der Waals surface area contributed by atoms with Gasteiger partial charge in [-0.05, 0) is 36.3 Å². The van der Waals surface area contributed by atoms with Gasteiger partial charge in [-0.2, -0.15) is 5.10 Å². The van der Waals surface area contributed by atoms with Gasteiger partial charge in [-0.3, -0.25) is 0 Å². The summed E-state index contributed by atoms with van der Waals surface area (Å²) in [6.07, 6.45) is 1.39. The van der Waals surface area contributed by atoms with Gasteiger partial charge in [0.25, 0.3) is 0 Å². The van der Waals surface area contributed by atoms with Crippen molar-refractivity contribution in [1.82, 2.24) is 10.3 Å². The molecule has 122 valence electrons. The zero-order valence-corrected chi connectivity index (χ0v) is 13.0. The molecule has 0 fully saturated rings. The lowest BCUT2D eigenvalue weighted by Crippen LogP contribution is -2.21. The molecule has 2 aromatic rings. The molecule has 0 bridgehead atoms. The second kappa shape index (κ2) is 7.25. The maximum absolute atomic E-state index is 10.1. The number of phenolic OH excluding ortho intramolecular Hbond substituents is 1. The molecule has 1 heterocycles. The van der Waals surface area contributed by atoms with Crippen LogP contribution in [0.25, 0.3) is 0 Å². The molecule has 5 N–H and O–H groups in total. The fourth-order valence-corrected chi connectivity index (χ4v) is 2.00. The summed E-state index contributed by atoms with van der Waals surface area (Å²) in [5.74, 6) is 0.113. The van der Waals surface area contributed by atoms with Crippen LogP contribution in [0.2, 0.25) is 0 Å². The van der Waals surface area contributed by atoms with Crippen LogP contribution < -0.4 is 16.4 Å². The third kappa shape index (κ3) is 3.76. The average Bonchev–Trinajstić information content (AvgIpc) is 2.96. The zero-order valence-electron chi connectivity index (χ0n) is 13.0. The van der Waals surface area contributed by atoms with Gasteiger partial charge in [0.2, 0.25) is 0 Å². The SMILES string of the molecule is CCN(CC)c1ccc(/C=N/N=C(N)c2nonc2N)c(O)c1. The zero-order chi connectivity index (χ0) is 16.8. The molecule has 0 amide bonds. The Bertz CT molecular complexity index is 720. The maximum Gasteiger partial charge on any atom is 0.199 e. The molecule has 2 rings (SSSR count). The van der Waals surface area contributed by atoms with Gasteiger partial charge in [0.15, 0.2) is 17.3 Å². The smallest absolute Gasteiger partial charge is 0.199 e. The lowest BCUT2D eigenvalue weighted by Gasteiger charge is -2.21. The Morgan fingerprint density at radius 3 is 2.65 bits per heavy atom. The minimum absolute atomic E-state index is 0.0285. The number of amidine groups is 1. The lowest BCUT2D eigenvalue weighted by atomic mass is 10.2.